The second-order valence-electron chi connectivity index (χ2n) is 3.12. The van der Waals surface area contributed by atoms with E-state index in [2.05, 4.69) is 10.6 Å². The number of non-ortho nitro benzene ring substituents is 1. The Kier molecular flexibility index (Phi) is 4.25. The Bertz CT molecular complexity index is 603. The summed E-state index contributed by atoms with van der Waals surface area (Å²) in [4.78, 5) is 9.59. The molecule has 1 rings (SSSR count). The molecule has 1 N–H and O–H groups in total. The first kappa shape index (κ1) is 14.0. The van der Waals surface area contributed by atoms with Gasteiger partial charge in [0.1, 0.15) is 10.6 Å². The highest BCUT2D eigenvalue weighted by Crippen LogP contribution is 2.27. The fourth-order valence-corrected chi connectivity index (χ4v) is 2.32. The van der Waals surface area contributed by atoms with Crippen LogP contribution in [0.2, 0.25) is 0 Å². The molecule has 0 saturated carbocycles. The second-order valence-corrected chi connectivity index (χ2v) is 4.86. The summed E-state index contributed by atoms with van der Waals surface area (Å²) in [6, 6.07) is 3.28. The van der Waals surface area contributed by atoms with Gasteiger partial charge in [-0.25, -0.2) is 8.42 Å². The zero-order valence-corrected chi connectivity index (χ0v) is 10.2. The van der Waals surface area contributed by atoms with E-state index in [0.29, 0.717) is 0 Å². The minimum atomic E-state index is -3.94. The lowest BCUT2D eigenvalue weighted by Gasteiger charge is -2.08. The fraction of sp³-hybridized carbons (Fsp3) is 0.200. The Labute approximate surface area is 104 Å². The van der Waals surface area contributed by atoms with E-state index in [9.17, 15) is 18.5 Å². The maximum atomic E-state index is 11.8. The van der Waals surface area contributed by atoms with E-state index in [1.54, 1.807) is 0 Å². The van der Waals surface area contributed by atoms with E-state index >= 15 is 0 Å². The summed E-state index contributed by atoms with van der Waals surface area (Å²) < 4.78 is 30.6. The normalized spacial score (nSPS) is 10.7. The lowest BCUT2D eigenvalue weighted by molar-refractivity contribution is -0.385. The molecule has 0 amide bonds. The number of nitrogens with zero attached hydrogens (tertiary/aromatic N) is 1. The van der Waals surface area contributed by atoms with Crippen molar-refractivity contribution in [1.82, 2.24) is 4.72 Å². The highest BCUT2D eigenvalue weighted by atomic mass is 32.2. The van der Waals surface area contributed by atoms with Crippen molar-refractivity contribution in [2.45, 2.75) is 4.90 Å². The quantitative estimate of drug-likeness (QED) is 0.477. The van der Waals surface area contributed by atoms with Crippen LogP contribution in [0.1, 0.15) is 0 Å². The van der Waals surface area contributed by atoms with Gasteiger partial charge in [-0.1, -0.05) is 5.92 Å². The first-order valence-corrected chi connectivity index (χ1v) is 6.16. The number of sulfonamides is 1. The first-order chi connectivity index (χ1) is 8.42. The van der Waals surface area contributed by atoms with E-state index in [0.717, 1.165) is 12.1 Å². The fourth-order valence-electron chi connectivity index (χ4n) is 1.20. The lowest BCUT2D eigenvalue weighted by Crippen LogP contribution is -2.24. The number of hydrogen-bond acceptors (Lipinski definition) is 5. The first-order valence-electron chi connectivity index (χ1n) is 4.68. The Morgan fingerprint density at radius 3 is 2.72 bits per heavy atom. The zero-order chi connectivity index (χ0) is 13.8. The summed E-state index contributed by atoms with van der Waals surface area (Å²) in [7, 11) is -2.68. The zero-order valence-electron chi connectivity index (χ0n) is 9.41. The smallest absolute Gasteiger partial charge is 0.271 e. The Morgan fingerprint density at radius 1 is 1.56 bits per heavy atom. The number of methoxy groups -OCH3 is 1. The summed E-state index contributed by atoms with van der Waals surface area (Å²) in [5.74, 6) is 2.11. The van der Waals surface area contributed by atoms with Gasteiger partial charge >= 0.3 is 0 Å². The van der Waals surface area contributed by atoms with Crippen LogP contribution < -0.4 is 9.46 Å². The van der Waals surface area contributed by atoms with Gasteiger partial charge in [-0.05, 0) is 6.07 Å². The molecule has 0 heterocycles. The van der Waals surface area contributed by atoms with Crippen molar-refractivity contribution in [3.63, 3.8) is 0 Å². The molecule has 0 saturated heterocycles. The molecule has 7 nitrogen and oxygen atoms in total. The van der Waals surface area contributed by atoms with Crippen LogP contribution >= 0.6 is 0 Å². The molecule has 18 heavy (non-hydrogen) atoms. The predicted molar refractivity (Wildman–Crippen MR) is 63.7 cm³/mol. The summed E-state index contributed by atoms with van der Waals surface area (Å²) >= 11 is 0. The van der Waals surface area contributed by atoms with Crippen molar-refractivity contribution >= 4 is 15.7 Å². The maximum Gasteiger partial charge on any atom is 0.271 e. The molecule has 96 valence electrons. The van der Waals surface area contributed by atoms with E-state index in [1.165, 1.54) is 13.2 Å². The van der Waals surface area contributed by atoms with Crippen LogP contribution in [0.25, 0.3) is 0 Å². The molecule has 1 aromatic carbocycles. The van der Waals surface area contributed by atoms with Crippen LogP contribution in [-0.4, -0.2) is 27.0 Å². The van der Waals surface area contributed by atoms with Gasteiger partial charge in [-0.3, -0.25) is 10.1 Å². The highest BCUT2D eigenvalue weighted by Gasteiger charge is 2.22. The van der Waals surface area contributed by atoms with E-state index < -0.39 is 14.9 Å². The number of nitrogens with one attached hydrogen (secondary N) is 1. The van der Waals surface area contributed by atoms with Crippen molar-refractivity contribution in [1.29, 1.82) is 0 Å². The molecule has 0 atom stereocenters. The molecule has 0 radical (unpaired) electrons. The molecule has 0 aliphatic rings. The van der Waals surface area contributed by atoms with Crippen molar-refractivity contribution in [2.75, 3.05) is 13.7 Å². The minimum absolute atomic E-state index is 0.00474. The lowest BCUT2D eigenvalue weighted by atomic mass is 10.3. The Balaban J connectivity index is 3.33. The summed E-state index contributed by atoms with van der Waals surface area (Å²) in [6.45, 7) is -0.214. The van der Waals surface area contributed by atoms with Crippen LogP contribution in [0, 0.1) is 22.5 Å². The molecule has 0 fully saturated rings. The van der Waals surface area contributed by atoms with Gasteiger partial charge in [0, 0.05) is 12.1 Å². The average Bonchev–Trinajstić information content (AvgIpc) is 2.35. The van der Waals surface area contributed by atoms with E-state index in [-0.39, 0.29) is 22.9 Å². The third-order valence-corrected chi connectivity index (χ3v) is 3.43. The Hall–Kier alpha value is -2.11. The van der Waals surface area contributed by atoms with Crippen molar-refractivity contribution in [3.05, 3.63) is 28.3 Å². The molecule has 0 aliphatic heterocycles. The molecule has 1 aromatic rings. The number of ether oxygens (including phenoxy) is 1. The standard InChI is InChI=1S/C10H10N2O5S/c1-3-6-11-18(15,16)10-7-8(12(13)14)4-5-9(10)17-2/h1,4-5,7,11H,6H2,2H3. The summed E-state index contributed by atoms with van der Waals surface area (Å²) in [5, 5.41) is 10.6. The SMILES string of the molecule is C#CCNS(=O)(=O)c1cc([N+](=O)[O-])ccc1OC. The molecule has 8 heteroatoms. The monoisotopic (exact) mass is 270 g/mol. The minimum Gasteiger partial charge on any atom is -0.495 e. The second kappa shape index (κ2) is 5.48. The van der Waals surface area contributed by atoms with Gasteiger partial charge in [0.05, 0.1) is 18.6 Å². The molecular weight excluding hydrogens is 260 g/mol. The summed E-state index contributed by atoms with van der Waals surface area (Å²) in [5.41, 5.74) is -0.350. The van der Waals surface area contributed by atoms with Gasteiger partial charge in [0.15, 0.2) is 0 Å². The van der Waals surface area contributed by atoms with Crippen molar-refractivity contribution in [3.8, 4) is 18.1 Å². The van der Waals surface area contributed by atoms with Gasteiger partial charge in [-0.15, -0.1) is 6.42 Å². The Morgan fingerprint density at radius 2 is 2.22 bits per heavy atom. The van der Waals surface area contributed by atoms with E-state index in [4.69, 9.17) is 11.2 Å². The maximum absolute atomic E-state index is 11.8. The molecule has 0 aliphatic carbocycles. The number of rotatable bonds is 5. The van der Waals surface area contributed by atoms with Crippen LogP contribution in [0.3, 0.4) is 0 Å². The topological polar surface area (TPSA) is 98.5 Å². The average molecular weight is 270 g/mol. The number of terminal acetylenes is 1. The molecule has 0 spiro atoms. The number of hydrogen-bond donors (Lipinski definition) is 1. The number of nitro groups is 1. The van der Waals surface area contributed by atoms with Crippen LogP contribution in [0.15, 0.2) is 23.1 Å². The molecule has 0 aromatic heterocycles. The number of nitro benzene ring substituents is 1. The van der Waals surface area contributed by atoms with Gasteiger partial charge in [0.2, 0.25) is 10.0 Å². The van der Waals surface area contributed by atoms with Crippen molar-refractivity contribution in [2.24, 2.45) is 0 Å². The third-order valence-electron chi connectivity index (χ3n) is 2.01. The van der Waals surface area contributed by atoms with Gasteiger partial charge in [0.25, 0.3) is 5.69 Å². The largest absolute Gasteiger partial charge is 0.495 e. The molecule has 0 unspecified atom stereocenters. The highest BCUT2D eigenvalue weighted by molar-refractivity contribution is 7.89. The number of benzene rings is 1. The van der Waals surface area contributed by atoms with Crippen LogP contribution in [0.4, 0.5) is 5.69 Å². The third kappa shape index (κ3) is 2.97. The van der Waals surface area contributed by atoms with Gasteiger partial charge < -0.3 is 4.74 Å². The molecular formula is C10H10N2O5S. The van der Waals surface area contributed by atoms with E-state index in [1.807, 2.05) is 0 Å². The van der Waals surface area contributed by atoms with Crippen molar-refractivity contribution < 1.29 is 18.1 Å². The predicted octanol–water partition coefficient (Wildman–Crippen LogP) is 0.515. The van der Waals surface area contributed by atoms with Crippen LogP contribution in [-0.2, 0) is 10.0 Å². The van der Waals surface area contributed by atoms with Crippen LogP contribution in [0.5, 0.6) is 5.75 Å². The van der Waals surface area contributed by atoms with Gasteiger partial charge in [-0.2, -0.15) is 4.72 Å². The molecule has 0 bridgehead atoms. The summed E-state index contributed by atoms with van der Waals surface area (Å²) in [6.07, 6.45) is 4.95.